The summed E-state index contributed by atoms with van der Waals surface area (Å²) in [5.41, 5.74) is 2.26. The summed E-state index contributed by atoms with van der Waals surface area (Å²) in [6.07, 6.45) is -0.0687. The molecule has 2 aliphatic rings. The van der Waals surface area contributed by atoms with E-state index < -0.39 is 0 Å². The number of fused-ring (bicyclic) bond motifs is 2. The molecule has 1 N–H and O–H groups in total. The van der Waals surface area contributed by atoms with Gasteiger partial charge in [-0.3, -0.25) is 9.59 Å². The molecule has 4 rings (SSSR count). The molecule has 2 heterocycles. The highest BCUT2D eigenvalue weighted by atomic mass is 35.5. The van der Waals surface area contributed by atoms with E-state index in [1.54, 1.807) is 24.3 Å². The number of amides is 2. The minimum atomic E-state index is -0.384. The summed E-state index contributed by atoms with van der Waals surface area (Å²) < 4.78 is 5.64. The second-order valence-corrected chi connectivity index (χ2v) is 7.36. The molecule has 0 unspecified atom stereocenters. The third kappa shape index (κ3) is 2.99. The fourth-order valence-corrected chi connectivity index (χ4v) is 3.79. The van der Waals surface area contributed by atoms with Gasteiger partial charge in [-0.25, -0.2) is 0 Å². The molecule has 0 saturated heterocycles. The van der Waals surface area contributed by atoms with Crippen LogP contribution in [0.5, 0.6) is 11.5 Å². The Morgan fingerprint density at radius 2 is 1.67 bits per heavy atom. The van der Waals surface area contributed by atoms with E-state index >= 15 is 0 Å². The molecular weight excluding hydrogens is 391 g/mol. The van der Waals surface area contributed by atoms with Gasteiger partial charge in [0.25, 0.3) is 11.8 Å². The molecule has 6 nitrogen and oxygen atoms in total. The third-order valence-corrected chi connectivity index (χ3v) is 5.13. The number of benzene rings is 2. The van der Waals surface area contributed by atoms with Gasteiger partial charge in [-0.05, 0) is 37.1 Å². The molecule has 0 bridgehead atoms. The Balaban J connectivity index is 1.62. The Morgan fingerprint density at radius 1 is 1.00 bits per heavy atom. The molecule has 2 aromatic rings. The first-order chi connectivity index (χ1) is 12.9. The predicted octanol–water partition coefficient (Wildman–Crippen LogP) is 3.97. The summed E-state index contributed by atoms with van der Waals surface area (Å²) in [6.45, 7) is 4.41. The Kier molecular flexibility index (Phi) is 4.40. The van der Waals surface area contributed by atoms with E-state index in [4.69, 9.17) is 32.8 Å². The lowest BCUT2D eigenvalue weighted by atomic mass is 10.1. The molecular formula is C19H16Cl2N2O4. The average Bonchev–Trinajstić information content (AvgIpc) is 3.14. The Morgan fingerprint density at radius 3 is 2.41 bits per heavy atom. The van der Waals surface area contributed by atoms with Gasteiger partial charge in [0.2, 0.25) is 0 Å². The van der Waals surface area contributed by atoms with Crippen LogP contribution in [0.1, 0.15) is 45.7 Å². The van der Waals surface area contributed by atoms with Gasteiger partial charge in [0.1, 0.15) is 5.75 Å². The monoisotopic (exact) mass is 406 g/mol. The number of carbonyl (C=O) groups excluding carboxylic acids is 2. The molecule has 27 heavy (non-hydrogen) atoms. The van der Waals surface area contributed by atoms with E-state index in [-0.39, 0.29) is 40.3 Å². The summed E-state index contributed by atoms with van der Waals surface area (Å²) in [5, 5.41) is 4.33. The predicted molar refractivity (Wildman–Crippen MR) is 100 cm³/mol. The quantitative estimate of drug-likeness (QED) is 0.833. The topological polar surface area (TPSA) is 67.9 Å². The van der Waals surface area contributed by atoms with Gasteiger partial charge >= 0.3 is 0 Å². The average molecular weight is 407 g/mol. The van der Waals surface area contributed by atoms with Crippen molar-refractivity contribution in [2.75, 3.05) is 0 Å². The van der Waals surface area contributed by atoms with Crippen molar-refractivity contribution in [3.63, 3.8) is 0 Å². The molecule has 0 radical (unpaired) electrons. The van der Waals surface area contributed by atoms with Crippen LogP contribution in [0.2, 0.25) is 10.0 Å². The number of nitrogens with one attached hydrogen (secondary N) is 1. The zero-order valence-corrected chi connectivity index (χ0v) is 16.1. The number of carbonyl (C=O) groups is 2. The molecule has 0 saturated carbocycles. The van der Waals surface area contributed by atoms with Gasteiger partial charge in [0, 0.05) is 6.54 Å². The number of hydroxylamine groups is 2. The van der Waals surface area contributed by atoms with Crippen LogP contribution in [0.25, 0.3) is 0 Å². The lowest BCUT2D eigenvalue weighted by Crippen LogP contribution is -2.28. The third-order valence-electron chi connectivity index (χ3n) is 4.38. The van der Waals surface area contributed by atoms with Crippen molar-refractivity contribution in [1.82, 2.24) is 10.4 Å². The van der Waals surface area contributed by atoms with Crippen LogP contribution < -0.4 is 14.9 Å². The van der Waals surface area contributed by atoms with Gasteiger partial charge in [-0.2, -0.15) is 5.06 Å². The summed E-state index contributed by atoms with van der Waals surface area (Å²) in [7, 11) is 0. The highest BCUT2D eigenvalue weighted by molar-refractivity contribution is 6.36. The van der Waals surface area contributed by atoms with E-state index in [2.05, 4.69) is 5.32 Å². The molecule has 8 heteroatoms. The fourth-order valence-electron chi connectivity index (χ4n) is 3.17. The molecule has 2 aliphatic heterocycles. The van der Waals surface area contributed by atoms with E-state index in [9.17, 15) is 9.59 Å². The summed E-state index contributed by atoms with van der Waals surface area (Å²) >= 11 is 12.7. The van der Waals surface area contributed by atoms with Crippen molar-refractivity contribution < 1.29 is 19.2 Å². The molecule has 0 spiro atoms. The molecule has 2 amide bonds. The van der Waals surface area contributed by atoms with E-state index in [1.165, 1.54) is 5.06 Å². The van der Waals surface area contributed by atoms with Crippen LogP contribution in [0.15, 0.2) is 24.3 Å². The van der Waals surface area contributed by atoms with Crippen LogP contribution in [0.4, 0.5) is 0 Å². The van der Waals surface area contributed by atoms with Gasteiger partial charge < -0.3 is 14.9 Å². The van der Waals surface area contributed by atoms with Crippen molar-refractivity contribution >= 4 is 35.0 Å². The number of hydrogen-bond acceptors (Lipinski definition) is 4. The van der Waals surface area contributed by atoms with E-state index in [0.29, 0.717) is 23.4 Å². The zero-order chi connectivity index (χ0) is 19.3. The zero-order valence-electron chi connectivity index (χ0n) is 14.6. The second-order valence-electron chi connectivity index (χ2n) is 6.61. The van der Waals surface area contributed by atoms with Crippen LogP contribution in [0, 0.1) is 0 Å². The first-order valence-corrected chi connectivity index (χ1v) is 9.20. The fraction of sp³-hybridized carbons (Fsp3) is 0.263. The molecule has 0 aromatic heterocycles. The smallest absolute Gasteiger partial charge is 0.288 e. The highest BCUT2D eigenvalue weighted by Crippen LogP contribution is 2.39. The number of nitrogens with zero attached hydrogens (tertiary/aromatic N) is 1. The lowest BCUT2D eigenvalue weighted by molar-refractivity contribution is -0.0323. The van der Waals surface area contributed by atoms with Crippen molar-refractivity contribution in [2.24, 2.45) is 0 Å². The van der Waals surface area contributed by atoms with Crippen LogP contribution >= 0.6 is 23.2 Å². The van der Waals surface area contributed by atoms with Gasteiger partial charge in [0.05, 0.1) is 33.8 Å². The maximum absolute atomic E-state index is 12.8. The lowest BCUT2D eigenvalue weighted by Gasteiger charge is -2.18. The standard InChI is InChI=1S/C19H16Cl2N2O4/c1-9(2)26-12-5-4-11-8-23(19(25)15(11)16(12)20)27-13-6-3-10-7-22-18(24)14(10)17(13)21/h3-6,9H,7-8H2,1-2H3,(H,22,24). The normalized spacial score (nSPS) is 15.1. The van der Waals surface area contributed by atoms with Gasteiger partial charge in [-0.1, -0.05) is 35.3 Å². The number of halogens is 2. The van der Waals surface area contributed by atoms with Gasteiger partial charge in [-0.15, -0.1) is 0 Å². The van der Waals surface area contributed by atoms with E-state index in [0.717, 1.165) is 11.1 Å². The molecule has 0 atom stereocenters. The molecule has 0 aliphatic carbocycles. The Bertz CT molecular complexity index is 975. The number of hydrogen-bond donors (Lipinski definition) is 1. The minimum absolute atomic E-state index is 0.0687. The number of rotatable bonds is 4. The maximum Gasteiger partial charge on any atom is 0.288 e. The van der Waals surface area contributed by atoms with Crippen molar-refractivity contribution in [1.29, 1.82) is 0 Å². The molecule has 140 valence electrons. The summed E-state index contributed by atoms with van der Waals surface area (Å²) in [5.74, 6) is 0.0523. The first-order valence-electron chi connectivity index (χ1n) is 8.44. The SMILES string of the molecule is CC(C)Oc1ccc2c(c1Cl)C(=O)N(Oc1ccc3c(c1Cl)C(=O)NC3)C2. The minimum Gasteiger partial charge on any atom is -0.489 e. The molecule has 2 aromatic carbocycles. The maximum atomic E-state index is 12.8. The molecule has 0 fully saturated rings. The van der Waals surface area contributed by atoms with Crippen LogP contribution in [-0.2, 0) is 13.1 Å². The summed E-state index contributed by atoms with van der Waals surface area (Å²) in [6, 6.07) is 6.93. The van der Waals surface area contributed by atoms with Crippen LogP contribution in [0.3, 0.4) is 0 Å². The number of ether oxygens (including phenoxy) is 1. The van der Waals surface area contributed by atoms with Crippen LogP contribution in [-0.4, -0.2) is 23.0 Å². The highest BCUT2D eigenvalue weighted by Gasteiger charge is 2.34. The van der Waals surface area contributed by atoms with E-state index in [1.807, 2.05) is 13.8 Å². The second kappa shape index (κ2) is 6.62. The Hall–Kier alpha value is -2.44. The van der Waals surface area contributed by atoms with Crippen molar-refractivity contribution in [3.05, 3.63) is 56.6 Å². The largest absolute Gasteiger partial charge is 0.489 e. The van der Waals surface area contributed by atoms with Gasteiger partial charge in [0.15, 0.2) is 5.75 Å². The van der Waals surface area contributed by atoms with Crippen molar-refractivity contribution in [3.8, 4) is 11.5 Å². The Labute approximate surface area is 165 Å². The summed E-state index contributed by atoms with van der Waals surface area (Å²) in [4.78, 5) is 30.5. The van der Waals surface area contributed by atoms with Crippen molar-refractivity contribution in [2.45, 2.75) is 33.0 Å². The first kappa shape index (κ1) is 17.9.